The number of carbonyl (C=O) groups is 1. The first-order valence-corrected chi connectivity index (χ1v) is 6.89. The zero-order chi connectivity index (χ0) is 14.5. The first-order valence-electron chi connectivity index (χ1n) is 5.40. The topological polar surface area (TPSA) is 113 Å². The van der Waals surface area contributed by atoms with Crippen LogP contribution >= 0.6 is 0 Å². The van der Waals surface area contributed by atoms with Crippen molar-refractivity contribution in [3.8, 4) is 5.75 Å². The van der Waals surface area contributed by atoms with Gasteiger partial charge in [-0.05, 0) is 18.6 Å². The molecule has 1 aromatic carbocycles. The van der Waals surface area contributed by atoms with Crippen LogP contribution in [0.25, 0.3) is 0 Å². The molecule has 19 heavy (non-hydrogen) atoms. The van der Waals surface area contributed by atoms with Gasteiger partial charge in [0.2, 0.25) is 10.0 Å². The van der Waals surface area contributed by atoms with Gasteiger partial charge in [0, 0.05) is 12.7 Å². The van der Waals surface area contributed by atoms with E-state index in [0.717, 1.165) is 0 Å². The number of hydrogen-bond donors (Lipinski definition) is 3. The van der Waals surface area contributed by atoms with E-state index in [1.807, 2.05) is 4.72 Å². The van der Waals surface area contributed by atoms with Crippen LogP contribution < -0.4 is 9.46 Å². The van der Waals surface area contributed by atoms with E-state index in [1.165, 1.54) is 25.3 Å². The van der Waals surface area contributed by atoms with Gasteiger partial charge < -0.3 is 14.9 Å². The number of methoxy groups -OCH3 is 1. The number of aliphatic hydroxyl groups excluding tert-OH is 1. The summed E-state index contributed by atoms with van der Waals surface area (Å²) < 4.78 is 30.9. The molecular formula is C11H15NO6S. The summed E-state index contributed by atoms with van der Waals surface area (Å²) in [7, 11) is -2.59. The van der Waals surface area contributed by atoms with Gasteiger partial charge in [0.05, 0.1) is 12.0 Å². The van der Waals surface area contributed by atoms with E-state index in [4.69, 9.17) is 14.9 Å². The Morgan fingerprint density at radius 2 is 2.16 bits per heavy atom. The molecule has 106 valence electrons. The second kappa shape index (κ2) is 6.50. The predicted octanol–water partition coefficient (Wildman–Crippen LogP) is -0.191. The summed E-state index contributed by atoms with van der Waals surface area (Å²) in [6.07, 6.45) is -0.210. The number of aliphatic carboxylic acids is 1. The third-order valence-corrected chi connectivity index (χ3v) is 3.83. The molecule has 0 fully saturated rings. The minimum Gasteiger partial charge on any atom is -0.497 e. The first kappa shape index (κ1) is 15.4. The maximum Gasteiger partial charge on any atom is 0.321 e. The lowest BCUT2D eigenvalue weighted by atomic mass is 10.2. The number of nitrogens with one attached hydrogen (secondary N) is 1. The summed E-state index contributed by atoms with van der Waals surface area (Å²) in [6.45, 7) is -0.433. The van der Waals surface area contributed by atoms with Gasteiger partial charge in [0.25, 0.3) is 0 Å². The van der Waals surface area contributed by atoms with Gasteiger partial charge in [-0.2, -0.15) is 4.72 Å². The summed E-state index contributed by atoms with van der Waals surface area (Å²) in [5.74, 6) is -1.00. The highest BCUT2D eigenvalue weighted by Gasteiger charge is 2.25. The number of hydrogen-bond acceptors (Lipinski definition) is 5. The summed E-state index contributed by atoms with van der Waals surface area (Å²) in [5.41, 5.74) is 0. The number of benzene rings is 1. The molecule has 0 heterocycles. The monoisotopic (exact) mass is 289 g/mol. The Bertz CT molecular complexity index is 542. The zero-order valence-electron chi connectivity index (χ0n) is 10.2. The minimum absolute atomic E-state index is 0.101. The molecule has 0 spiro atoms. The number of rotatable bonds is 7. The van der Waals surface area contributed by atoms with E-state index in [1.54, 1.807) is 6.07 Å². The van der Waals surface area contributed by atoms with Crippen molar-refractivity contribution in [2.75, 3.05) is 13.7 Å². The van der Waals surface area contributed by atoms with E-state index in [0.29, 0.717) is 5.75 Å². The summed E-state index contributed by atoms with van der Waals surface area (Å²) >= 11 is 0. The van der Waals surface area contributed by atoms with Crippen molar-refractivity contribution in [1.29, 1.82) is 0 Å². The molecule has 0 aliphatic carbocycles. The fourth-order valence-electron chi connectivity index (χ4n) is 1.39. The van der Waals surface area contributed by atoms with Crippen molar-refractivity contribution >= 4 is 16.0 Å². The smallest absolute Gasteiger partial charge is 0.321 e. The molecule has 0 aliphatic heterocycles. The Hall–Kier alpha value is -1.64. The van der Waals surface area contributed by atoms with Crippen molar-refractivity contribution in [3.05, 3.63) is 24.3 Å². The standard InChI is InChI=1S/C11H15NO6S/c1-18-8-3-2-4-9(7-8)19(16,17)12-10(5-6-13)11(14)15/h2-4,7,10,12-13H,5-6H2,1H3,(H,14,15). The molecule has 0 radical (unpaired) electrons. The molecule has 0 saturated heterocycles. The fourth-order valence-corrected chi connectivity index (χ4v) is 2.64. The second-order valence-corrected chi connectivity index (χ2v) is 5.42. The Kier molecular flexibility index (Phi) is 5.28. The maximum atomic E-state index is 12.0. The number of carboxylic acid groups (broad SMARTS) is 1. The molecule has 1 rings (SSSR count). The molecule has 8 heteroatoms. The van der Waals surface area contributed by atoms with E-state index in [-0.39, 0.29) is 11.3 Å². The molecule has 1 atom stereocenters. The summed E-state index contributed by atoms with van der Waals surface area (Å²) in [6, 6.07) is 4.28. The molecule has 3 N–H and O–H groups in total. The largest absolute Gasteiger partial charge is 0.497 e. The quantitative estimate of drug-likeness (QED) is 0.641. The Morgan fingerprint density at radius 1 is 1.47 bits per heavy atom. The number of sulfonamides is 1. The van der Waals surface area contributed by atoms with Crippen molar-refractivity contribution in [2.24, 2.45) is 0 Å². The van der Waals surface area contributed by atoms with Gasteiger partial charge in [0.1, 0.15) is 11.8 Å². The highest BCUT2D eigenvalue weighted by atomic mass is 32.2. The van der Waals surface area contributed by atoms with Crippen LogP contribution in [0.2, 0.25) is 0 Å². The highest BCUT2D eigenvalue weighted by Crippen LogP contribution is 2.17. The van der Waals surface area contributed by atoms with Gasteiger partial charge in [0.15, 0.2) is 0 Å². The van der Waals surface area contributed by atoms with Crippen LogP contribution in [0, 0.1) is 0 Å². The molecule has 1 unspecified atom stereocenters. The van der Waals surface area contributed by atoms with Gasteiger partial charge >= 0.3 is 5.97 Å². The van der Waals surface area contributed by atoms with Crippen LogP contribution in [0.3, 0.4) is 0 Å². The fraction of sp³-hybridized carbons (Fsp3) is 0.364. The van der Waals surface area contributed by atoms with Crippen LogP contribution in [0.1, 0.15) is 6.42 Å². The van der Waals surface area contributed by atoms with Crippen molar-refractivity contribution in [3.63, 3.8) is 0 Å². The van der Waals surface area contributed by atoms with Crippen molar-refractivity contribution < 1.29 is 28.2 Å². The third kappa shape index (κ3) is 4.19. The zero-order valence-corrected chi connectivity index (χ0v) is 11.1. The lowest BCUT2D eigenvalue weighted by Crippen LogP contribution is -2.41. The van der Waals surface area contributed by atoms with Crippen LogP contribution in [0.4, 0.5) is 0 Å². The SMILES string of the molecule is COc1cccc(S(=O)(=O)NC(CCO)C(=O)O)c1. The second-order valence-electron chi connectivity index (χ2n) is 3.70. The van der Waals surface area contributed by atoms with E-state index in [2.05, 4.69) is 0 Å². The third-order valence-electron chi connectivity index (χ3n) is 2.36. The number of aliphatic hydroxyl groups is 1. The van der Waals surface area contributed by atoms with Crippen LogP contribution in [-0.4, -0.2) is 44.4 Å². The van der Waals surface area contributed by atoms with Crippen molar-refractivity contribution in [2.45, 2.75) is 17.4 Å². The molecule has 0 aliphatic rings. The molecule has 0 saturated carbocycles. The molecule has 7 nitrogen and oxygen atoms in total. The number of carboxylic acids is 1. The Labute approximate surface area is 110 Å². The maximum absolute atomic E-state index is 12.0. The van der Waals surface area contributed by atoms with Gasteiger partial charge in [-0.25, -0.2) is 8.42 Å². The Morgan fingerprint density at radius 3 is 2.68 bits per heavy atom. The minimum atomic E-state index is -3.98. The normalized spacial score (nSPS) is 12.9. The van der Waals surface area contributed by atoms with Crippen molar-refractivity contribution in [1.82, 2.24) is 4.72 Å². The Balaban J connectivity index is 2.99. The van der Waals surface area contributed by atoms with Gasteiger partial charge in [-0.15, -0.1) is 0 Å². The molecular weight excluding hydrogens is 274 g/mol. The van der Waals surface area contributed by atoms with Gasteiger partial charge in [-0.1, -0.05) is 6.07 Å². The number of ether oxygens (including phenoxy) is 1. The molecule has 0 bridgehead atoms. The van der Waals surface area contributed by atoms with Crippen LogP contribution in [-0.2, 0) is 14.8 Å². The van der Waals surface area contributed by atoms with Gasteiger partial charge in [-0.3, -0.25) is 4.79 Å². The van der Waals surface area contributed by atoms with E-state index < -0.39 is 28.6 Å². The average Bonchev–Trinajstić information content (AvgIpc) is 2.38. The van der Waals surface area contributed by atoms with Crippen LogP contribution in [0.5, 0.6) is 5.75 Å². The highest BCUT2D eigenvalue weighted by molar-refractivity contribution is 7.89. The lowest BCUT2D eigenvalue weighted by Gasteiger charge is -2.14. The molecule has 0 aromatic heterocycles. The lowest BCUT2D eigenvalue weighted by molar-refractivity contribution is -0.139. The summed E-state index contributed by atoms with van der Waals surface area (Å²) in [4.78, 5) is 10.8. The summed E-state index contributed by atoms with van der Waals surface area (Å²) in [5, 5.41) is 17.6. The van der Waals surface area contributed by atoms with E-state index in [9.17, 15) is 13.2 Å². The average molecular weight is 289 g/mol. The molecule has 1 aromatic rings. The van der Waals surface area contributed by atoms with Crippen LogP contribution in [0.15, 0.2) is 29.2 Å². The molecule has 0 amide bonds. The predicted molar refractivity (Wildman–Crippen MR) is 66.4 cm³/mol. The van der Waals surface area contributed by atoms with E-state index >= 15 is 0 Å². The first-order chi connectivity index (χ1) is 8.90.